The summed E-state index contributed by atoms with van der Waals surface area (Å²) in [7, 11) is -2.38. The average molecular weight is 404 g/mol. The molecule has 1 saturated carbocycles. The zero-order valence-corrected chi connectivity index (χ0v) is 17.5. The Kier molecular flexibility index (Phi) is 10.4. The second-order valence-corrected chi connectivity index (χ2v) is 9.17. The molecule has 2 unspecified atom stereocenters. The maximum Gasteiger partial charge on any atom is 0.509 e. The minimum atomic E-state index is -2.38. The zero-order chi connectivity index (χ0) is 20.6. The third-order valence-electron chi connectivity index (χ3n) is 5.28. The van der Waals surface area contributed by atoms with E-state index in [1.807, 2.05) is 13.8 Å². The van der Waals surface area contributed by atoms with Crippen LogP contribution in [0.1, 0.15) is 59.3 Å². The summed E-state index contributed by atoms with van der Waals surface area (Å²) < 4.78 is 11.7. The summed E-state index contributed by atoms with van der Waals surface area (Å²) in [5.41, 5.74) is 5.30. The van der Waals surface area contributed by atoms with Gasteiger partial charge in [-0.2, -0.15) is 4.89 Å². The summed E-state index contributed by atoms with van der Waals surface area (Å²) in [6.07, 6.45) is 4.33. The van der Waals surface area contributed by atoms with E-state index in [9.17, 15) is 24.2 Å². The van der Waals surface area contributed by atoms with E-state index < -0.39 is 43.7 Å². The minimum Gasteiger partial charge on any atom is -0.391 e. The van der Waals surface area contributed by atoms with Gasteiger partial charge in [-0.25, -0.2) is 0 Å². The van der Waals surface area contributed by atoms with Gasteiger partial charge in [0, 0.05) is 18.9 Å². The molecule has 2 amide bonds. The molecule has 0 aromatic carbocycles. The number of hydrogen-bond acceptors (Lipinski definition) is 5. The van der Waals surface area contributed by atoms with Crippen molar-refractivity contribution in [3.05, 3.63) is 0 Å². The summed E-state index contributed by atoms with van der Waals surface area (Å²) in [5, 5.41) is 15.3. The van der Waals surface area contributed by atoms with Crippen LogP contribution in [0.25, 0.3) is 0 Å². The quantitative estimate of drug-likeness (QED) is 0.344. The number of amides is 2. The molecule has 9 heteroatoms. The first-order valence-corrected chi connectivity index (χ1v) is 11.1. The van der Waals surface area contributed by atoms with Crippen molar-refractivity contribution in [2.24, 2.45) is 17.6 Å². The van der Waals surface area contributed by atoms with E-state index in [0.29, 0.717) is 0 Å². The average Bonchev–Trinajstić information content (AvgIpc) is 2.63. The Hall–Kier alpha value is -1.08. The van der Waals surface area contributed by atoms with Crippen molar-refractivity contribution >= 4 is 19.8 Å². The summed E-state index contributed by atoms with van der Waals surface area (Å²) in [4.78, 5) is 33.6. The van der Waals surface area contributed by atoms with Gasteiger partial charge in [0.2, 0.25) is 11.8 Å². The fourth-order valence-corrected chi connectivity index (χ4v) is 4.48. The highest BCUT2D eigenvalue weighted by atomic mass is 31.1. The predicted molar refractivity (Wildman–Crippen MR) is 104 cm³/mol. The molecule has 8 nitrogen and oxygen atoms in total. The van der Waals surface area contributed by atoms with E-state index in [0.717, 1.165) is 32.1 Å². The van der Waals surface area contributed by atoms with Crippen LogP contribution < -0.4 is 16.4 Å². The Bertz CT molecular complexity index is 511. The fourth-order valence-electron chi connectivity index (χ4n) is 3.39. The van der Waals surface area contributed by atoms with Gasteiger partial charge >= 0.3 is 8.03 Å². The first-order valence-electron chi connectivity index (χ1n) is 9.80. The lowest BCUT2D eigenvalue weighted by Crippen LogP contribution is -2.52. The maximum absolute atomic E-state index is 12.1. The second-order valence-electron chi connectivity index (χ2n) is 7.90. The van der Waals surface area contributed by atoms with Gasteiger partial charge in [-0.3, -0.25) is 9.59 Å². The van der Waals surface area contributed by atoms with Crippen LogP contribution in [0.4, 0.5) is 0 Å². The van der Waals surface area contributed by atoms with E-state index in [1.165, 1.54) is 0 Å². The van der Waals surface area contributed by atoms with E-state index in [1.54, 1.807) is 6.92 Å². The van der Waals surface area contributed by atoms with E-state index in [4.69, 9.17) is 5.73 Å². The third kappa shape index (κ3) is 8.21. The van der Waals surface area contributed by atoms with E-state index >= 15 is 0 Å². The molecular formula is C18H35N3O5P+. The van der Waals surface area contributed by atoms with Crippen LogP contribution in [0.2, 0.25) is 0 Å². The Labute approximate surface area is 162 Å². The standard InChI is InChI=1S/C18H34N3O5P/c1-11(2)16(19)18(24)21-12(3)17(23)20-10-14(22)9-15(27(25)26)13-7-5-4-6-8-13/h11-16,22H,4-10,19H2,1-3H3,(H2-,20,21,23,24,25,26)/p+1/t12-,14-,15?,16-/m1/s1. The molecule has 1 aliphatic rings. The van der Waals surface area contributed by atoms with Crippen molar-refractivity contribution < 1.29 is 24.2 Å². The van der Waals surface area contributed by atoms with Crippen LogP contribution in [-0.2, 0) is 14.2 Å². The SMILES string of the molecule is CC(C)[C@@H](N)C(=O)N[C@H](C)C(=O)NC[C@H](O)CC(C1CCCCC1)[P+](=O)O. The summed E-state index contributed by atoms with van der Waals surface area (Å²) in [6, 6.07) is -1.47. The van der Waals surface area contributed by atoms with Gasteiger partial charge in [0.15, 0.2) is 5.66 Å². The largest absolute Gasteiger partial charge is 0.509 e. The molecule has 0 aromatic rings. The molecule has 5 atom stereocenters. The number of hydrogen-bond donors (Lipinski definition) is 5. The van der Waals surface area contributed by atoms with Gasteiger partial charge in [-0.15, -0.1) is 0 Å². The molecule has 0 heterocycles. The normalized spacial score (nSPS) is 20.5. The lowest BCUT2D eigenvalue weighted by molar-refractivity contribution is -0.129. The van der Waals surface area contributed by atoms with Crippen LogP contribution in [0.3, 0.4) is 0 Å². The van der Waals surface area contributed by atoms with E-state index in [-0.39, 0.29) is 24.8 Å². The van der Waals surface area contributed by atoms with Crippen LogP contribution in [-0.4, -0.2) is 52.2 Å². The molecule has 0 aromatic heterocycles. The molecule has 6 N–H and O–H groups in total. The van der Waals surface area contributed by atoms with Gasteiger partial charge in [0.05, 0.1) is 12.1 Å². The molecule has 1 rings (SSSR count). The van der Waals surface area contributed by atoms with E-state index in [2.05, 4.69) is 10.6 Å². The minimum absolute atomic E-state index is 0.0261. The molecule has 0 saturated heterocycles. The van der Waals surface area contributed by atoms with Crippen molar-refractivity contribution in [2.75, 3.05) is 6.54 Å². The highest BCUT2D eigenvalue weighted by Gasteiger charge is 2.39. The lowest BCUT2D eigenvalue weighted by Gasteiger charge is -2.24. The second kappa shape index (κ2) is 11.7. The Morgan fingerprint density at radius 1 is 1.15 bits per heavy atom. The van der Waals surface area contributed by atoms with Gasteiger partial charge in [0.1, 0.15) is 6.04 Å². The molecule has 0 spiro atoms. The number of nitrogens with one attached hydrogen (secondary N) is 2. The van der Waals surface area contributed by atoms with Crippen molar-refractivity contribution in [1.82, 2.24) is 10.6 Å². The fraction of sp³-hybridized carbons (Fsp3) is 0.889. The topological polar surface area (TPSA) is 142 Å². The monoisotopic (exact) mass is 404 g/mol. The van der Waals surface area contributed by atoms with Gasteiger partial charge < -0.3 is 21.5 Å². The number of carbonyl (C=O) groups is 2. The highest BCUT2D eigenvalue weighted by molar-refractivity contribution is 7.38. The summed E-state index contributed by atoms with van der Waals surface area (Å²) in [6.45, 7) is 5.16. The van der Waals surface area contributed by atoms with Crippen molar-refractivity contribution in [3.63, 3.8) is 0 Å². The zero-order valence-electron chi connectivity index (χ0n) is 16.6. The number of carbonyl (C=O) groups excluding carboxylic acids is 2. The first kappa shape index (κ1) is 24.0. The molecule has 0 radical (unpaired) electrons. The highest BCUT2D eigenvalue weighted by Crippen LogP contribution is 2.40. The smallest absolute Gasteiger partial charge is 0.391 e. The first-order chi connectivity index (χ1) is 12.6. The molecule has 27 heavy (non-hydrogen) atoms. The third-order valence-corrected chi connectivity index (χ3v) is 6.48. The molecule has 0 bridgehead atoms. The van der Waals surface area contributed by atoms with Crippen LogP contribution >= 0.6 is 8.03 Å². The number of aliphatic hydroxyl groups excluding tert-OH is 1. The van der Waals surface area contributed by atoms with Crippen molar-refractivity contribution in [1.29, 1.82) is 0 Å². The van der Waals surface area contributed by atoms with Crippen LogP contribution in [0.15, 0.2) is 0 Å². The van der Waals surface area contributed by atoms with Crippen LogP contribution in [0, 0.1) is 11.8 Å². The van der Waals surface area contributed by atoms with Gasteiger partial charge in [0.25, 0.3) is 0 Å². The summed E-state index contributed by atoms with van der Waals surface area (Å²) >= 11 is 0. The molecule has 1 fully saturated rings. The summed E-state index contributed by atoms with van der Waals surface area (Å²) in [5.74, 6) is -0.725. The van der Waals surface area contributed by atoms with Gasteiger partial charge in [-0.05, 0) is 30.2 Å². The number of aliphatic hydroxyl groups is 1. The predicted octanol–water partition coefficient (Wildman–Crippen LogP) is 1.03. The number of rotatable bonds is 10. The molecule has 156 valence electrons. The van der Waals surface area contributed by atoms with Crippen molar-refractivity contribution in [3.8, 4) is 0 Å². The Morgan fingerprint density at radius 2 is 1.74 bits per heavy atom. The molecule has 1 aliphatic carbocycles. The van der Waals surface area contributed by atoms with Gasteiger partial charge in [-0.1, -0.05) is 33.1 Å². The Balaban J connectivity index is 2.44. The number of nitrogens with two attached hydrogens (primary N) is 1. The molecular weight excluding hydrogens is 369 g/mol. The lowest BCUT2D eigenvalue weighted by atomic mass is 9.85. The van der Waals surface area contributed by atoms with Crippen LogP contribution in [0.5, 0.6) is 0 Å². The van der Waals surface area contributed by atoms with Crippen molar-refractivity contribution in [2.45, 2.75) is 83.1 Å². The maximum atomic E-state index is 12.1. The molecule has 0 aliphatic heterocycles. The Morgan fingerprint density at radius 3 is 2.26 bits per heavy atom.